The molecule has 4 heterocycles. The van der Waals surface area contributed by atoms with Gasteiger partial charge in [0.15, 0.2) is 11.4 Å². The monoisotopic (exact) mass is 1300 g/mol. The van der Waals surface area contributed by atoms with E-state index in [1.54, 1.807) is 69.8 Å². The van der Waals surface area contributed by atoms with Crippen LogP contribution in [0.2, 0.25) is 0 Å². The van der Waals surface area contributed by atoms with Crippen LogP contribution in [-0.4, -0.2) is 18.3 Å². The number of alkyl halides is 9. The summed E-state index contributed by atoms with van der Waals surface area (Å²) in [6.07, 6.45) is -14.3. The van der Waals surface area contributed by atoms with Crippen LogP contribution < -0.4 is 0 Å². The molecule has 0 saturated heterocycles. The highest BCUT2D eigenvalue weighted by molar-refractivity contribution is 6.16. The van der Waals surface area contributed by atoms with Gasteiger partial charge in [-0.2, -0.15) is 44.8 Å². The van der Waals surface area contributed by atoms with Gasteiger partial charge in [-0.15, -0.1) is 0 Å². The van der Waals surface area contributed by atoms with Gasteiger partial charge in [-0.1, -0.05) is 121 Å². The van der Waals surface area contributed by atoms with Crippen LogP contribution in [0.4, 0.5) is 50.9 Å². The first-order chi connectivity index (χ1) is 47.1. The molecule has 0 fully saturated rings. The molecule has 0 saturated carbocycles. The maximum Gasteiger partial charge on any atom is 0.416 e. The summed E-state index contributed by atoms with van der Waals surface area (Å²) < 4.78 is 139. The number of para-hydroxylation sites is 4. The van der Waals surface area contributed by atoms with E-state index in [4.69, 9.17) is 13.1 Å². The molecular formula is C82H50F9N7. The van der Waals surface area contributed by atoms with Gasteiger partial charge in [0.25, 0.3) is 0 Å². The third kappa shape index (κ3) is 9.96. The lowest BCUT2D eigenvalue weighted by Crippen LogP contribution is -2.11. The minimum atomic E-state index is -4.82. The van der Waals surface area contributed by atoms with Gasteiger partial charge >= 0.3 is 18.5 Å². The SMILES string of the molecule is [C-]#[N+]c1cc(-c2c(-n3c4ccccc4c4c(C)cccc43)cc(C#N)cc2-n2c3ccccc3c3c(C)cccc32)cc(C(F)(F)F)c1.[C-]#[N+]c1cc(-c2c(-n3c4ccccc4c4c(C)cccc43)cc(C(F)(F)F)cc2-n2c3ccccc3c3c(C)cccc32)cc(C(F)(F)F)c1. The Labute approximate surface area is 554 Å². The second-order valence-electron chi connectivity index (χ2n) is 24.4. The van der Waals surface area contributed by atoms with Crippen molar-refractivity contribution in [3.8, 4) is 51.1 Å². The molecule has 0 spiro atoms. The molecule has 12 aromatic carbocycles. The molecule has 16 heteroatoms. The van der Waals surface area contributed by atoms with Gasteiger partial charge in [-0.25, -0.2) is 9.69 Å². The number of fused-ring (bicyclic) bond motifs is 12. The average molecular weight is 1300 g/mol. The van der Waals surface area contributed by atoms with E-state index in [0.29, 0.717) is 44.6 Å². The molecule has 0 radical (unpaired) electrons. The van der Waals surface area contributed by atoms with Crippen molar-refractivity contribution in [2.45, 2.75) is 46.2 Å². The first-order valence-corrected chi connectivity index (χ1v) is 31.1. The van der Waals surface area contributed by atoms with Crippen molar-refractivity contribution in [1.29, 1.82) is 5.26 Å². The Morgan fingerprint density at radius 1 is 0.316 bits per heavy atom. The van der Waals surface area contributed by atoms with Crippen LogP contribution in [0.1, 0.15) is 44.5 Å². The zero-order valence-corrected chi connectivity index (χ0v) is 52.5. The Bertz CT molecular complexity index is 5900. The zero-order valence-electron chi connectivity index (χ0n) is 52.5. The molecule has 16 rings (SSSR count). The van der Waals surface area contributed by atoms with Gasteiger partial charge in [-0.3, -0.25) is 0 Å². The predicted octanol–water partition coefficient (Wildman–Crippen LogP) is 24.4. The predicted molar refractivity (Wildman–Crippen MR) is 372 cm³/mol. The summed E-state index contributed by atoms with van der Waals surface area (Å²) in [6, 6.07) is 67.7. The largest absolute Gasteiger partial charge is 0.416 e. The van der Waals surface area contributed by atoms with E-state index in [-0.39, 0.29) is 39.4 Å². The van der Waals surface area contributed by atoms with Crippen molar-refractivity contribution in [3.63, 3.8) is 0 Å². The fourth-order valence-corrected chi connectivity index (χ4v) is 14.5. The van der Waals surface area contributed by atoms with E-state index >= 15 is 13.2 Å². The Hall–Kier alpha value is -12.3. The molecule has 0 aliphatic rings. The molecule has 0 aliphatic carbocycles. The summed E-state index contributed by atoms with van der Waals surface area (Å²) in [7, 11) is 0. The summed E-state index contributed by atoms with van der Waals surface area (Å²) in [5.41, 5.74) is 8.49. The smallest absolute Gasteiger partial charge is 0.309 e. The highest BCUT2D eigenvalue weighted by atomic mass is 19.4. The zero-order chi connectivity index (χ0) is 68.4. The summed E-state index contributed by atoms with van der Waals surface area (Å²) >= 11 is 0. The molecule has 0 amide bonds. The molecule has 0 atom stereocenters. The molecular weight excluding hydrogens is 1250 g/mol. The van der Waals surface area contributed by atoms with Crippen molar-refractivity contribution in [3.05, 3.63) is 298 Å². The Kier molecular flexibility index (Phi) is 14.5. The third-order valence-electron chi connectivity index (χ3n) is 18.6. The van der Waals surface area contributed by atoms with Gasteiger partial charge in [0.2, 0.25) is 0 Å². The van der Waals surface area contributed by atoms with E-state index in [1.165, 1.54) is 12.1 Å². The molecule has 0 unspecified atom stereocenters. The van der Waals surface area contributed by atoms with E-state index in [0.717, 1.165) is 124 Å². The maximum absolute atomic E-state index is 15.1. The standard InChI is InChI=1S/C41H25F6N3.C41H25F3N4/c1-23-10-8-16-33-37(23)29-12-4-6-14-31(29)49(33)35-21-27(41(45,46)47)22-36(39(35)25-18-26(40(42,43)44)20-28(19-25)48-3)50-32-15-7-5-13-30(32)38-24(2)11-9-17-34(38)50;1-24-10-8-16-34-38(24)30-12-4-6-14-32(30)47(34)36-18-26(23-45)19-37(40(36)27-20-28(41(42,43)44)22-29(21-27)46-3)48-33-15-7-5-13-31(33)39-25(2)11-9-17-35(39)48/h4-22H,1-2H3;4-22H,1-2H3. The first kappa shape index (κ1) is 61.8. The topological polar surface area (TPSA) is 52.2 Å². The van der Waals surface area contributed by atoms with Crippen molar-refractivity contribution < 1.29 is 39.5 Å². The van der Waals surface area contributed by atoms with Crippen molar-refractivity contribution in [1.82, 2.24) is 18.3 Å². The highest BCUT2D eigenvalue weighted by Crippen LogP contribution is 2.50. The van der Waals surface area contributed by atoms with Crippen LogP contribution in [0.25, 0.3) is 142 Å². The molecule has 4 aromatic heterocycles. The normalized spacial score (nSPS) is 12.1. The van der Waals surface area contributed by atoms with Crippen LogP contribution in [0.3, 0.4) is 0 Å². The minimum absolute atomic E-state index is 0.0282. The lowest BCUT2D eigenvalue weighted by molar-refractivity contribution is -0.138. The number of aromatic nitrogens is 4. The number of rotatable bonds is 6. The van der Waals surface area contributed by atoms with Crippen molar-refractivity contribution in [2.24, 2.45) is 0 Å². The quantitative estimate of drug-likeness (QED) is 0.121. The molecule has 0 aliphatic heterocycles. The average Bonchev–Trinajstić information content (AvgIpc) is 1.54. The molecule has 0 bridgehead atoms. The van der Waals surface area contributed by atoms with Gasteiger partial charge in [-0.05, 0) is 170 Å². The molecule has 0 N–H and O–H groups in total. The Morgan fingerprint density at radius 2 is 0.571 bits per heavy atom. The van der Waals surface area contributed by atoms with Gasteiger partial charge < -0.3 is 18.3 Å². The van der Waals surface area contributed by atoms with Crippen molar-refractivity contribution >= 4 is 98.6 Å². The number of hydrogen-bond acceptors (Lipinski definition) is 1. The summed E-state index contributed by atoms with van der Waals surface area (Å²) in [6.45, 7) is 23.3. The minimum Gasteiger partial charge on any atom is -0.309 e. The molecule has 98 heavy (non-hydrogen) atoms. The van der Waals surface area contributed by atoms with Crippen LogP contribution in [0, 0.1) is 52.2 Å². The number of nitriles is 1. The number of hydrogen-bond donors (Lipinski definition) is 0. The first-order valence-electron chi connectivity index (χ1n) is 31.1. The molecule has 7 nitrogen and oxygen atoms in total. The van der Waals surface area contributed by atoms with Crippen molar-refractivity contribution in [2.75, 3.05) is 0 Å². The number of nitrogens with zero attached hydrogens (tertiary/aromatic N) is 7. The molecule has 16 aromatic rings. The van der Waals surface area contributed by atoms with E-state index in [9.17, 15) is 31.6 Å². The number of benzene rings is 12. The van der Waals surface area contributed by atoms with E-state index < -0.39 is 35.2 Å². The van der Waals surface area contributed by atoms with Gasteiger partial charge in [0.05, 0.1) is 97.2 Å². The fraction of sp³-hybridized carbons (Fsp3) is 0.0854. The lowest BCUT2D eigenvalue weighted by Gasteiger charge is -2.23. The molecule has 476 valence electrons. The van der Waals surface area contributed by atoms with Crippen LogP contribution in [-0.2, 0) is 18.5 Å². The van der Waals surface area contributed by atoms with Crippen LogP contribution in [0.15, 0.2) is 231 Å². The van der Waals surface area contributed by atoms with Gasteiger partial charge in [0, 0.05) is 65.3 Å². The second kappa shape index (κ2) is 23.0. The number of halogens is 9. The third-order valence-corrected chi connectivity index (χ3v) is 18.6. The lowest BCUT2D eigenvalue weighted by atomic mass is 9.95. The van der Waals surface area contributed by atoms with E-state index in [2.05, 4.69) is 15.8 Å². The van der Waals surface area contributed by atoms with Crippen LogP contribution >= 0.6 is 0 Å². The summed E-state index contributed by atoms with van der Waals surface area (Å²) in [5.74, 6) is 0. The number of aryl methyl sites for hydroxylation is 4. The Morgan fingerprint density at radius 3 is 0.837 bits per heavy atom. The highest BCUT2D eigenvalue weighted by Gasteiger charge is 2.37. The fourth-order valence-electron chi connectivity index (χ4n) is 14.5. The Balaban J connectivity index is 0.000000160. The summed E-state index contributed by atoms with van der Waals surface area (Å²) in [4.78, 5) is 6.81. The van der Waals surface area contributed by atoms with Gasteiger partial charge in [0.1, 0.15) is 0 Å². The summed E-state index contributed by atoms with van der Waals surface area (Å²) in [5, 5.41) is 17.6. The van der Waals surface area contributed by atoms with E-state index in [1.807, 2.05) is 158 Å². The second-order valence-corrected chi connectivity index (χ2v) is 24.4. The maximum atomic E-state index is 15.1. The van der Waals surface area contributed by atoms with Crippen LogP contribution in [0.5, 0.6) is 0 Å².